The molecular formula is C16H19N3O. The molecule has 1 aromatic heterocycles. The van der Waals surface area contributed by atoms with Crippen LogP contribution in [-0.2, 0) is 6.54 Å². The fourth-order valence-corrected chi connectivity index (χ4v) is 2.58. The second-order valence-electron chi connectivity index (χ2n) is 5.41. The molecule has 4 nitrogen and oxygen atoms in total. The second-order valence-corrected chi connectivity index (χ2v) is 5.41. The monoisotopic (exact) mass is 269 g/mol. The molecule has 1 unspecified atom stereocenters. The van der Waals surface area contributed by atoms with Crippen LogP contribution in [-0.4, -0.2) is 28.0 Å². The molecule has 104 valence electrons. The highest BCUT2D eigenvalue weighted by Crippen LogP contribution is 2.22. The number of ether oxygens (including phenoxy) is 1. The number of benzene rings is 1. The van der Waals surface area contributed by atoms with E-state index in [0.717, 1.165) is 18.2 Å². The van der Waals surface area contributed by atoms with E-state index in [4.69, 9.17) is 4.74 Å². The molecule has 0 radical (unpaired) electrons. The Balaban J connectivity index is 1.67. The smallest absolute Gasteiger partial charge is 0.321 e. The van der Waals surface area contributed by atoms with Crippen LogP contribution in [0.5, 0.6) is 11.8 Å². The zero-order valence-corrected chi connectivity index (χ0v) is 11.7. The largest absolute Gasteiger partial charge is 0.424 e. The molecule has 20 heavy (non-hydrogen) atoms. The van der Waals surface area contributed by atoms with Crippen molar-refractivity contribution < 1.29 is 4.74 Å². The average molecular weight is 269 g/mol. The highest BCUT2D eigenvalue weighted by molar-refractivity contribution is 5.30. The lowest BCUT2D eigenvalue weighted by Gasteiger charge is -2.15. The molecule has 0 amide bonds. The number of hydrogen-bond acceptors (Lipinski definition) is 4. The van der Waals surface area contributed by atoms with Crippen LogP contribution >= 0.6 is 0 Å². The van der Waals surface area contributed by atoms with Crippen LogP contribution in [0.1, 0.15) is 18.9 Å². The van der Waals surface area contributed by atoms with Gasteiger partial charge in [0, 0.05) is 25.5 Å². The van der Waals surface area contributed by atoms with Crippen LogP contribution < -0.4 is 4.74 Å². The fourth-order valence-electron chi connectivity index (χ4n) is 2.58. The van der Waals surface area contributed by atoms with Crippen molar-refractivity contribution in [2.75, 3.05) is 13.1 Å². The second kappa shape index (κ2) is 6.01. The van der Waals surface area contributed by atoms with E-state index in [9.17, 15) is 0 Å². The Morgan fingerprint density at radius 1 is 1.25 bits per heavy atom. The number of rotatable bonds is 4. The molecule has 0 spiro atoms. The molecule has 1 aliphatic heterocycles. The third-order valence-corrected chi connectivity index (χ3v) is 3.56. The minimum Gasteiger partial charge on any atom is -0.424 e. The van der Waals surface area contributed by atoms with Gasteiger partial charge in [-0.25, -0.2) is 9.97 Å². The van der Waals surface area contributed by atoms with Gasteiger partial charge in [0.25, 0.3) is 0 Å². The summed E-state index contributed by atoms with van der Waals surface area (Å²) in [6, 6.07) is 10.3. The van der Waals surface area contributed by atoms with Crippen molar-refractivity contribution in [1.82, 2.24) is 14.9 Å². The minimum atomic E-state index is 0.388. The summed E-state index contributed by atoms with van der Waals surface area (Å²) in [5.41, 5.74) is 1.27. The van der Waals surface area contributed by atoms with Gasteiger partial charge in [0.15, 0.2) is 0 Å². The summed E-state index contributed by atoms with van der Waals surface area (Å²) in [5.74, 6) is 1.60. The van der Waals surface area contributed by atoms with Gasteiger partial charge in [0.2, 0.25) is 0 Å². The van der Waals surface area contributed by atoms with Gasteiger partial charge in [0.1, 0.15) is 5.75 Å². The van der Waals surface area contributed by atoms with Gasteiger partial charge in [-0.05, 0) is 42.6 Å². The molecule has 1 aliphatic rings. The molecule has 1 fully saturated rings. The number of aromatic nitrogens is 2. The molecule has 4 heteroatoms. The van der Waals surface area contributed by atoms with Crippen molar-refractivity contribution >= 4 is 0 Å². The first-order valence-corrected chi connectivity index (χ1v) is 7.06. The van der Waals surface area contributed by atoms with Crippen LogP contribution in [0.2, 0.25) is 0 Å². The predicted molar refractivity (Wildman–Crippen MR) is 77.6 cm³/mol. The predicted octanol–water partition coefficient (Wildman–Crippen LogP) is 3.11. The van der Waals surface area contributed by atoms with E-state index in [1.54, 1.807) is 18.5 Å². The fraction of sp³-hybridized carbons (Fsp3) is 0.375. The maximum absolute atomic E-state index is 5.66. The van der Waals surface area contributed by atoms with Gasteiger partial charge in [-0.3, -0.25) is 4.90 Å². The van der Waals surface area contributed by atoms with Crippen molar-refractivity contribution in [3.8, 4) is 11.8 Å². The Bertz CT molecular complexity index is 559. The van der Waals surface area contributed by atoms with Crippen molar-refractivity contribution in [3.05, 3.63) is 48.3 Å². The van der Waals surface area contributed by atoms with E-state index in [2.05, 4.69) is 33.9 Å². The third-order valence-electron chi connectivity index (χ3n) is 3.56. The Hall–Kier alpha value is -1.94. The molecule has 3 rings (SSSR count). The number of nitrogens with zero attached hydrogens (tertiary/aromatic N) is 3. The van der Waals surface area contributed by atoms with Crippen LogP contribution in [0.3, 0.4) is 0 Å². The van der Waals surface area contributed by atoms with Gasteiger partial charge in [-0.2, -0.15) is 0 Å². The SMILES string of the molecule is CC1CCN(Cc2cccc(Oc3ncccn3)c2)C1. The molecule has 1 atom stereocenters. The maximum Gasteiger partial charge on any atom is 0.321 e. The van der Waals surface area contributed by atoms with Gasteiger partial charge >= 0.3 is 6.01 Å². The van der Waals surface area contributed by atoms with Crippen molar-refractivity contribution in [3.63, 3.8) is 0 Å². The van der Waals surface area contributed by atoms with Gasteiger partial charge in [-0.15, -0.1) is 0 Å². The summed E-state index contributed by atoms with van der Waals surface area (Å²) in [4.78, 5) is 10.6. The molecular weight excluding hydrogens is 250 g/mol. The lowest BCUT2D eigenvalue weighted by Crippen LogP contribution is -2.19. The van der Waals surface area contributed by atoms with Crippen LogP contribution in [0, 0.1) is 5.92 Å². The molecule has 2 heterocycles. The van der Waals surface area contributed by atoms with Crippen LogP contribution in [0.25, 0.3) is 0 Å². The lowest BCUT2D eigenvalue weighted by molar-refractivity contribution is 0.319. The molecule has 0 aliphatic carbocycles. The standard InChI is InChI=1S/C16H19N3O/c1-13-6-9-19(11-13)12-14-4-2-5-15(10-14)20-16-17-7-3-8-18-16/h2-5,7-8,10,13H,6,9,11-12H2,1H3. The molecule has 0 saturated carbocycles. The average Bonchev–Trinajstić information content (AvgIpc) is 2.86. The molecule has 2 aromatic rings. The van der Waals surface area contributed by atoms with Crippen molar-refractivity contribution in [2.24, 2.45) is 5.92 Å². The maximum atomic E-state index is 5.66. The minimum absolute atomic E-state index is 0.388. The molecule has 1 saturated heterocycles. The van der Waals surface area contributed by atoms with Crippen LogP contribution in [0.15, 0.2) is 42.7 Å². The normalized spacial score (nSPS) is 19.1. The molecule has 0 N–H and O–H groups in total. The van der Waals surface area contributed by atoms with E-state index >= 15 is 0 Å². The summed E-state index contributed by atoms with van der Waals surface area (Å²) in [6.45, 7) is 5.67. The highest BCUT2D eigenvalue weighted by atomic mass is 16.5. The van der Waals surface area contributed by atoms with Crippen LogP contribution in [0.4, 0.5) is 0 Å². The topological polar surface area (TPSA) is 38.2 Å². The Labute approximate surface area is 119 Å². The molecule has 1 aromatic carbocycles. The Morgan fingerprint density at radius 2 is 2.10 bits per heavy atom. The van der Waals surface area contributed by atoms with E-state index in [1.165, 1.54) is 25.1 Å². The summed E-state index contributed by atoms with van der Waals surface area (Å²) in [7, 11) is 0. The van der Waals surface area contributed by atoms with Gasteiger partial charge < -0.3 is 4.74 Å². The molecule has 0 bridgehead atoms. The lowest BCUT2D eigenvalue weighted by atomic mass is 10.2. The van der Waals surface area contributed by atoms with Crippen molar-refractivity contribution in [1.29, 1.82) is 0 Å². The quantitative estimate of drug-likeness (QED) is 0.855. The first-order valence-electron chi connectivity index (χ1n) is 7.06. The van der Waals surface area contributed by atoms with E-state index in [1.807, 2.05) is 12.1 Å². The summed E-state index contributed by atoms with van der Waals surface area (Å²) in [6.07, 6.45) is 4.66. The first-order chi connectivity index (χ1) is 9.79. The zero-order valence-electron chi connectivity index (χ0n) is 11.7. The first kappa shape index (κ1) is 13.1. The summed E-state index contributed by atoms with van der Waals surface area (Å²) in [5, 5.41) is 0. The van der Waals surface area contributed by atoms with E-state index in [0.29, 0.717) is 6.01 Å². The Morgan fingerprint density at radius 3 is 2.85 bits per heavy atom. The summed E-state index contributed by atoms with van der Waals surface area (Å²) >= 11 is 0. The van der Waals surface area contributed by atoms with E-state index in [-0.39, 0.29) is 0 Å². The summed E-state index contributed by atoms with van der Waals surface area (Å²) < 4.78 is 5.66. The number of hydrogen-bond donors (Lipinski definition) is 0. The van der Waals surface area contributed by atoms with Crippen molar-refractivity contribution in [2.45, 2.75) is 19.9 Å². The van der Waals surface area contributed by atoms with Gasteiger partial charge in [0.05, 0.1) is 0 Å². The highest BCUT2D eigenvalue weighted by Gasteiger charge is 2.18. The third kappa shape index (κ3) is 3.33. The van der Waals surface area contributed by atoms with Gasteiger partial charge in [-0.1, -0.05) is 19.1 Å². The zero-order chi connectivity index (χ0) is 13.8. The number of likely N-dealkylation sites (tertiary alicyclic amines) is 1. The van der Waals surface area contributed by atoms with E-state index < -0.39 is 0 Å². The Kier molecular flexibility index (Phi) is 3.92.